The molecule has 1 aliphatic heterocycles. The van der Waals surface area contributed by atoms with E-state index in [1.54, 1.807) is 13.3 Å². The second-order valence-corrected chi connectivity index (χ2v) is 11.5. The van der Waals surface area contributed by atoms with Gasteiger partial charge in [0.25, 0.3) is 0 Å². The van der Waals surface area contributed by atoms with Gasteiger partial charge in [0.1, 0.15) is 0 Å². The Kier molecular flexibility index (Phi) is 10.1. The first-order chi connectivity index (χ1) is 11.7. The first-order valence-electron chi connectivity index (χ1n) is 9.49. The predicted molar refractivity (Wildman–Crippen MR) is 107 cm³/mol. The molecule has 1 rings (SSSR count). The lowest BCUT2D eigenvalue weighted by atomic mass is 10.00. The minimum absolute atomic E-state index is 0.00724. The molecule has 4 atom stereocenters. The average Bonchev–Trinajstić information content (AvgIpc) is 2.81. The number of ether oxygens (including phenoxy) is 1. The van der Waals surface area contributed by atoms with E-state index in [2.05, 4.69) is 50.9 Å². The van der Waals surface area contributed by atoms with Gasteiger partial charge in [-0.05, 0) is 6.92 Å². The van der Waals surface area contributed by atoms with Crippen molar-refractivity contribution >= 4 is 15.8 Å². The van der Waals surface area contributed by atoms with Gasteiger partial charge in [-0.15, -0.1) is 0 Å². The SMILES string of the molecule is CCN(CC)P(O[C@H]1C(C)[C@@H](COP(C)(C)=O)O[C@H]1C)N(CC)CC. The van der Waals surface area contributed by atoms with E-state index in [0.29, 0.717) is 6.61 Å². The molecular formula is C17H38N2O4P2. The van der Waals surface area contributed by atoms with Gasteiger partial charge in [0, 0.05) is 45.4 Å². The topological polar surface area (TPSA) is 51.2 Å². The van der Waals surface area contributed by atoms with E-state index in [9.17, 15) is 4.57 Å². The molecule has 1 saturated heterocycles. The maximum absolute atomic E-state index is 11.8. The molecule has 1 fully saturated rings. The van der Waals surface area contributed by atoms with Crippen LogP contribution >= 0.6 is 15.8 Å². The summed E-state index contributed by atoms with van der Waals surface area (Å²) in [6.07, 6.45) is -0.0414. The zero-order valence-corrected chi connectivity index (χ0v) is 19.1. The molecule has 0 N–H and O–H groups in total. The third kappa shape index (κ3) is 6.84. The standard InChI is InChI=1S/C17H38N2O4P2/c1-9-18(10-2)24(19(11-3)12-4)23-17-14(5)16(22-15(17)6)13-21-25(7,8)20/h14-17H,9-13H2,1-8H3/t14?,15-,16+,17-/m0/s1. The quantitative estimate of drug-likeness (QED) is 0.487. The molecule has 0 aromatic carbocycles. The molecule has 0 saturated carbocycles. The van der Waals surface area contributed by atoms with Crippen LogP contribution in [-0.2, 0) is 18.3 Å². The summed E-state index contributed by atoms with van der Waals surface area (Å²) in [5, 5.41) is 0. The van der Waals surface area contributed by atoms with Crippen molar-refractivity contribution in [3.8, 4) is 0 Å². The monoisotopic (exact) mass is 396 g/mol. The van der Waals surface area contributed by atoms with E-state index in [4.69, 9.17) is 13.8 Å². The third-order valence-electron chi connectivity index (χ3n) is 4.67. The molecule has 0 aromatic heterocycles. The van der Waals surface area contributed by atoms with Gasteiger partial charge in [-0.2, -0.15) is 0 Å². The molecule has 25 heavy (non-hydrogen) atoms. The summed E-state index contributed by atoms with van der Waals surface area (Å²) in [6, 6.07) is 0. The Morgan fingerprint density at radius 2 is 1.48 bits per heavy atom. The molecule has 0 aliphatic carbocycles. The summed E-state index contributed by atoms with van der Waals surface area (Å²) in [6.45, 7) is 20.5. The van der Waals surface area contributed by atoms with Gasteiger partial charge >= 0.3 is 0 Å². The summed E-state index contributed by atoms with van der Waals surface area (Å²) in [7, 11) is -3.31. The predicted octanol–water partition coefficient (Wildman–Crippen LogP) is 4.26. The highest BCUT2D eigenvalue weighted by atomic mass is 31.2. The van der Waals surface area contributed by atoms with Crippen LogP contribution in [0.4, 0.5) is 0 Å². The zero-order chi connectivity index (χ0) is 19.2. The maximum atomic E-state index is 11.8. The van der Waals surface area contributed by atoms with Crippen LogP contribution in [0.15, 0.2) is 0 Å². The fourth-order valence-electron chi connectivity index (χ4n) is 3.09. The molecular weight excluding hydrogens is 358 g/mol. The maximum Gasteiger partial charge on any atom is 0.197 e. The van der Waals surface area contributed by atoms with Crippen LogP contribution in [0.1, 0.15) is 41.5 Å². The molecule has 8 heteroatoms. The van der Waals surface area contributed by atoms with Crippen LogP contribution in [0.5, 0.6) is 0 Å². The van der Waals surface area contributed by atoms with Crippen LogP contribution < -0.4 is 0 Å². The molecule has 0 bridgehead atoms. The van der Waals surface area contributed by atoms with Gasteiger partial charge in [-0.3, -0.25) is 4.57 Å². The van der Waals surface area contributed by atoms with Gasteiger partial charge in [0.05, 0.1) is 24.9 Å². The van der Waals surface area contributed by atoms with Gasteiger partial charge in [-0.25, -0.2) is 9.34 Å². The molecule has 1 aliphatic rings. The molecule has 150 valence electrons. The van der Waals surface area contributed by atoms with E-state index in [-0.39, 0.29) is 24.2 Å². The zero-order valence-electron chi connectivity index (χ0n) is 17.3. The van der Waals surface area contributed by atoms with Crippen molar-refractivity contribution < 1.29 is 18.3 Å². The van der Waals surface area contributed by atoms with Crippen molar-refractivity contribution in [2.75, 3.05) is 46.1 Å². The minimum atomic E-state index is -2.50. The summed E-state index contributed by atoms with van der Waals surface area (Å²) >= 11 is 0. The summed E-state index contributed by atoms with van der Waals surface area (Å²) < 4.78 is 34.9. The Labute approximate surface area is 156 Å². The smallest absolute Gasteiger partial charge is 0.197 e. The fraction of sp³-hybridized carbons (Fsp3) is 1.00. The van der Waals surface area contributed by atoms with Crippen LogP contribution in [0.3, 0.4) is 0 Å². The average molecular weight is 396 g/mol. The van der Waals surface area contributed by atoms with Crippen molar-refractivity contribution in [1.82, 2.24) is 9.34 Å². The third-order valence-corrected chi connectivity index (χ3v) is 7.97. The van der Waals surface area contributed by atoms with Gasteiger partial charge in [0.15, 0.2) is 15.8 Å². The van der Waals surface area contributed by atoms with Gasteiger partial charge in [0.2, 0.25) is 0 Å². The molecule has 0 aromatic rings. The van der Waals surface area contributed by atoms with Crippen LogP contribution in [0, 0.1) is 5.92 Å². The largest absolute Gasteiger partial charge is 0.370 e. The lowest BCUT2D eigenvalue weighted by Gasteiger charge is -2.38. The van der Waals surface area contributed by atoms with Gasteiger partial charge < -0.3 is 13.8 Å². The molecule has 1 heterocycles. The summed E-state index contributed by atoms with van der Waals surface area (Å²) in [5.74, 6) is 0.206. The van der Waals surface area contributed by atoms with Gasteiger partial charge in [-0.1, -0.05) is 34.6 Å². The molecule has 1 unspecified atom stereocenters. The van der Waals surface area contributed by atoms with Crippen molar-refractivity contribution in [3.05, 3.63) is 0 Å². The number of hydrogen-bond donors (Lipinski definition) is 0. The first kappa shape index (κ1) is 23.5. The number of hydrogen-bond acceptors (Lipinski definition) is 6. The van der Waals surface area contributed by atoms with Crippen LogP contribution in [0.2, 0.25) is 0 Å². The lowest BCUT2D eigenvalue weighted by molar-refractivity contribution is 0.00669. The van der Waals surface area contributed by atoms with Crippen LogP contribution in [-0.4, -0.2) is 73.8 Å². The molecule has 6 nitrogen and oxygen atoms in total. The van der Waals surface area contributed by atoms with Crippen LogP contribution in [0.25, 0.3) is 0 Å². The first-order valence-corrected chi connectivity index (χ1v) is 13.2. The number of rotatable bonds is 11. The van der Waals surface area contributed by atoms with Crippen molar-refractivity contribution in [2.45, 2.75) is 59.9 Å². The van der Waals surface area contributed by atoms with E-state index in [1.165, 1.54) is 0 Å². The highest BCUT2D eigenvalue weighted by Gasteiger charge is 2.43. The van der Waals surface area contributed by atoms with Crippen molar-refractivity contribution in [1.29, 1.82) is 0 Å². The van der Waals surface area contributed by atoms with Crippen molar-refractivity contribution in [3.63, 3.8) is 0 Å². The van der Waals surface area contributed by atoms with E-state index < -0.39 is 15.8 Å². The fourth-order valence-corrected chi connectivity index (χ4v) is 5.77. The molecule has 0 spiro atoms. The van der Waals surface area contributed by atoms with Crippen molar-refractivity contribution in [2.24, 2.45) is 5.92 Å². The Bertz CT molecular complexity index is 415. The summed E-state index contributed by atoms with van der Waals surface area (Å²) in [5.41, 5.74) is 0. The Morgan fingerprint density at radius 3 is 1.88 bits per heavy atom. The van der Waals surface area contributed by atoms with E-state index in [0.717, 1.165) is 26.2 Å². The number of nitrogens with zero attached hydrogens (tertiary/aromatic N) is 2. The second kappa shape index (κ2) is 10.7. The minimum Gasteiger partial charge on any atom is -0.370 e. The lowest BCUT2D eigenvalue weighted by Crippen LogP contribution is -2.35. The van der Waals surface area contributed by atoms with E-state index in [1.807, 2.05) is 0 Å². The highest BCUT2D eigenvalue weighted by molar-refractivity contribution is 7.57. The molecule has 0 radical (unpaired) electrons. The van der Waals surface area contributed by atoms with E-state index >= 15 is 0 Å². The Morgan fingerprint density at radius 1 is 1.00 bits per heavy atom. The normalized spacial score (nSPS) is 27.8. The Balaban J connectivity index is 2.83. The highest BCUT2D eigenvalue weighted by Crippen LogP contribution is 2.49. The summed E-state index contributed by atoms with van der Waals surface area (Å²) in [4.78, 5) is 0. The molecule has 0 amide bonds. The Hall–Kier alpha value is 0.460. The second-order valence-electron chi connectivity index (χ2n) is 6.89.